The van der Waals surface area contributed by atoms with E-state index in [0.717, 1.165) is 30.4 Å². The third kappa shape index (κ3) is 2.78. The standard InChI is InChI=1S/C16H22N4O/c1-12(2)19-7-8-20-14(9-18-16(20)13(19)3)11-21-15-5-4-6-17-10-15/h4-6,9-10,12-13H,7-8,11H2,1-3H3. The van der Waals surface area contributed by atoms with Crippen LogP contribution in [0.15, 0.2) is 30.7 Å². The minimum atomic E-state index is 0.353. The average molecular weight is 286 g/mol. The summed E-state index contributed by atoms with van der Waals surface area (Å²) in [5.41, 5.74) is 1.13. The van der Waals surface area contributed by atoms with Crippen LogP contribution in [0.5, 0.6) is 5.75 Å². The van der Waals surface area contributed by atoms with Gasteiger partial charge in [0.25, 0.3) is 0 Å². The Bertz CT molecular complexity index is 594. The third-order valence-electron chi connectivity index (χ3n) is 4.11. The molecule has 0 aromatic carbocycles. The van der Waals surface area contributed by atoms with Gasteiger partial charge in [0.15, 0.2) is 0 Å². The first-order valence-electron chi connectivity index (χ1n) is 7.49. The second kappa shape index (κ2) is 5.85. The molecule has 5 nitrogen and oxygen atoms in total. The van der Waals surface area contributed by atoms with E-state index in [4.69, 9.17) is 4.74 Å². The van der Waals surface area contributed by atoms with Gasteiger partial charge in [0.05, 0.1) is 24.1 Å². The molecule has 0 fully saturated rings. The highest BCUT2D eigenvalue weighted by atomic mass is 16.5. The maximum Gasteiger partial charge on any atom is 0.138 e. The van der Waals surface area contributed by atoms with Crippen molar-refractivity contribution in [3.05, 3.63) is 42.2 Å². The lowest BCUT2D eigenvalue weighted by Gasteiger charge is -2.37. The Morgan fingerprint density at radius 2 is 2.19 bits per heavy atom. The van der Waals surface area contributed by atoms with Crippen molar-refractivity contribution in [1.29, 1.82) is 0 Å². The summed E-state index contributed by atoms with van der Waals surface area (Å²) >= 11 is 0. The molecule has 3 heterocycles. The van der Waals surface area contributed by atoms with Crippen molar-refractivity contribution in [2.24, 2.45) is 0 Å². The maximum absolute atomic E-state index is 5.79. The molecule has 1 aliphatic rings. The van der Waals surface area contributed by atoms with Crippen LogP contribution < -0.4 is 4.74 Å². The van der Waals surface area contributed by atoms with Gasteiger partial charge in [0.1, 0.15) is 18.2 Å². The molecule has 0 bridgehead atoms. The highest BCUT2D eigenvalue weighted by Crippen LogP contribution is 2.27. The van der Waals surface area contributed by atoms with Gasteiger partial charge in [0.2, 0.25) is 0 Å². The summed E-state index contributed by atoms with van der Waals surface area (Å²) in [6, 6.07) is 4.69. The first-order chi connectivity index (χ1) is 10.2. The predicted octanol–water partition coefficient (Wildman–Crippen LogP) is 2.64. The number of nitrogens with zero attached hydrogens (tertiary/aromatic N) is 4. The van der Waals surface area contributed by atoms with Gasteiger partial charge in [-0.15, -0.1) is 0 Å². The molecule has 112 valence electrons. The van der Waals surface area contributed by atoms with Crippen LogP contribution in [0.25, 0.3) is 0 Å². The summed E-state index contributed by atoms with van der Waals surface area (Å²) in [5, 5.41) is 0. The molecule has 1 atom stereocenters. The lowest BCUT2D eigenvalue weighted by atomic mass is 10.1. The maximum atomic E-state index is 5.79. The molecule has 0 saturated heterocycles. The number of rotatable bonds is 4. The Morgan fingerprint density at radius 3 is 2.90 bits per heavy atom. The van der Waals surface area contributed by atoms with Crippen LogP contribution in [-0.2, 0) is 13.2 Å². The molecule has 0 aliphatic carbocycles. The normalized spacial score (nSPS) is 18.8. The van der Waals surface area contributed by atoms with Gasteiger partial charge in [0, 0.05) is 25.3 Å². The zero-order valence-electron chi connectivity index (χ0n) is 12.9. The van der Waals surface area contributed by atoms with Crippen molar-refractivity contribution >= 4 is 0 Å². The molecule has 0 radical (unpaired) electrons. The Labute approximate surface area is 125 Å². The second-order valence-corrected chi connectivity index (χ2v) is 5.74. The van der Waals surface area contributed by atoms with Crippen molar-refractivity contribution in [2.75, 3.05) is 6.54 Å². The largest absolute Gasteiger partial charge is 0.486 e. The topological polar surface area (TPSA) is 43.2 Å². The van der Waals surface area contributed by atoms with Crippen LogP contribution in [0.4, 0.5) is 0 Å². The van der Waals surface area contributed by atoms with E-state index in [2.05, 4.69) is 40.2 Å². The van der Waals surface area contributed by atoms with Crippen molar-refractivity contribution in [3.63, 3.8) is 0 Å². The lowest BCUT2D eigenvalue weighted by molar-refractivity contribution is 0.123. The van der Waals surface area contributed by atoms with E-state index in [-0.39, 0.29) is 0 Å². The number of ether oxygens (including phenoxy) is 1. The fourth-order valence-electron chi connectivity index (χ4n) is 2.99. The van der Waals surface area contributed by atoms with E-state index in [1.165, 1.54) is 0 Å². The van der Waals surface area contributed by atoms with E-state index in [0.29, 0.717) is 18.7 Å². The molecule has 3 rings (SSSR count). The van der Waals surface area contributed by atoms with Gasteiger partial charge in [-0.25, -0.2) is 4.98 Å². The highest BCUT2D eigenvalue weighted by molar-refractivity contribution is 5.17. The predicted molar refractivity (Wildman–Crippen MR) is 81.1 cm³/mol. The van der Waals surface area contributed by atoms with Gasteiger partial charge < -0.3 is 9.30 Å². The fourth-order valence-corrected chi connectivity index (χ4v) is 2.99. The minimum Gasteiger partial charge on any atom is -0.486 e. The summed E-state index contributed by atoms with van der Waals surface area (Å²) in [7, 11) is 0. The van der Waals surface area contributed by atoms with Crippen LogP contribution >= 0.6 is 0 Å². The molecule has 5 heteroatoms. The number of pyridine rings is 1. The van der Waals surface area contributed by atoms with Crippen molar-refractivity contribution in [2.45, 2.75) is 46.0 Å². The molecular formula is C16H22N4O. The van der Waals surface area contributed by atoms with Crippen LogP contribution in [-0.4, -0.2) is 32.0 Å². The van der Waals surface area contributed by atoms with E-state index in [1.54, 1.807) is 12.4 Å². The van der Waals surface area contributed by atoms with Crippen LogP contribution in [0.2, 0.25) is 0 Å². The van der Waals surface area contributed by atoms with Crippen LogP contribution in [0.3, 0.4) is 0 Å². The SMILES string of the molecule is CC(C)N1CCn2c(COc3cccnc3)cnc2C1C. The van der Waals surface area contributed by atoms with Gasteiger partial charge in [-0.05, 0) is 32.9 Å². The van der Waals surface area contributed by atoms with Gasteiger partial charge >= 0.3 is 0 Å². The Balaban J connectivity index is 1.74. The highest BCUT2D eigenvalue weighted by Gasteiger charge is 2.28. The third-order valence-corrected chi connectivity index (χ3v) is 4.11. The molecule has 2 aromatic rings. The number of aromatic nitrogens is 3. The smallest absolute Gasteiger partial charge is 0.138 e. The number of fused-ring (bicyclic) bond motifs is 1. The van der Waals surface area contributed by atoms with Crippen molar-refractivity contribution < 1.29 is 4.74 Å². The number of hydrogen-bond acceptors (Lipinski definition) is 4. The Hall–Kier alpha value is -1.88. The van der Waals surface area contributed by atoms with Gasteiger partial charge in [-0.1, -0.05) is 0 Å². The number of imidazole rings is 1. The van der Waals surface area contributed by atoms with Gasteiger partial charge in [-0.3, -0.25) is 9.88 Å². The van der Waals surface area contributed by atoms with Crippen molar-refractivity contribution in [3.8, 4) is 5.75 Å². The Kier molecular flexibility index (Phi) is 3.92. The van der Waals surface area contributed by atoms with E-state index in [9.17, 15) is 0 Å². The summed E-state index contributed by atoms with van der Waals surface area (Å²) in [6.07, 6.45) is 5.42. The molecule has 0 N–H and O–H groups in total. The quantitative estimate of drug-likeness (QED) is 0.866. The second-order valence-electron chi connectivity index (χ2n) is 5.74. The Morgan fingerprint density at radius 1 is 1.33 bits per heavy atom. The van der Waals surface area contributed by atoms with E-state index >= 15 is 0 Å². The van der Waals surface area contributed by atoms with E-state index in [1.807, 2.05) is 18.3 Å². The summed E-state index contributed by atoms with van der Waals surface area (Å²) < 4.78 is 8.08. The molecule has 1 unspecified atom stereocenters. The first-order valence-corrected chi connectivity index (χ1v) is 7.49. The summed E-state index contributed by atoms with van der Waals surface area (Å²) in [5.74, 6) is 1.93. The minimum absolute atomic E-state index is 0.353. The summed E-state index contributed by atoms with van der Waals surface area (Å²) in [4.78, 5) is 11.1. The average Bonchev–Trinajstić information content (AvgIpc) is 2.90. The molecule has 0 spiro atoms. The van der Waals surface area contributed by atoms with Crippen LogP contribution in [0.1, 0.15) is 38.3 Å². The first kappa shape index (κ1) is 14.1. The summed E-state index contributed by atoms with van der Waals surface area (Å²) in [6.45, 7) is 9.27. The monoisotopic (exact) mass is 286 g/mol. The molecule has 2 aromatic heterocycles. The van der Waals surface area contributed by atoms with Crippen molar-refractivity contribution in [1.82, 2.24) is 19.4 Å². The lowest BCUT2D eigenvalue weighted by Crippen LogP contribution is -2.41. The van der Waals surface area contributed by atoms with Crippen LogP contribution in [0, 0.1) is 0 Å². The number of hydrogen-bond donors (Lipinski definition) is 0. The molecule has 0 saturated carbocycles. The molecule has 1 aliphatic heterocycles. The molecule has 0 amide bonds. The van der Waals surface area contributed by atoms with Gasteiger partial charge in [-0.2, -0.15) is 0 Å². The molecule has 21 heavy (non-hydrogen) atoms. The fraction of sp³-hybridized carbons (Fsp3) is 0.500. The zero-order chi connectivity index (χ0) is 14.8. The zero-order valence-corrected chi connectivity index (χ0v) is 12.9. The van der Waals surface area contributed by atoms with E-state index < -0.39 is 0 Å². The molecular weight excluding hydrogens is 264 g/mol.